The van der Waals surface area contributed by atoms with Crippen LogP contribution < -0.4 is 5.32 Å². The van der Waals surface area contributed by atoms with Crippen molar-refractivity contribution < 1.29 is 13.5 Å². The number of nitrogens with zero attached hydrogens (tertiary/aromatic N) is 1. The molecule has 0 aromatic heterocycles. The van der Waals surface area contributed by atoms with Gasteiger partial charge in [-0.05, 0) is 59.2 Å². The number of piperidine rings is 1. The summed E-state index contributed by atoms with van der Waals surface area (Å²) in [5.41, 5.74) is -0.352. The van der Waals surface area contributed by atoms with Crippen molar-refractivity contribution in [3.8, 4) is 0 Å². The lowest BCUT2D eigenvalue weighted by Gasteiger charge is -2.32. The summed E-state index contributed by atoms with van der Waals surface area (Å²) in [7, 11) is -2.43. The third kappa shape index (κ3) is 5.22. The van der Waals surface area contributed by atoms with E-state index in [0.29, 0.717) is 13.0 Å². The Morgan fingerprint density at radius 2 is 2.00 bits per heavy atom. The molecule has 107 valence electrons. The summed E-state index contributed by atoms with van der Waals surface area (Å²) in [6, 6.07) is 0. The van der Waals surface area contributed by atoms with Crippen LogP contribution in [0.15, 0.2) is 0 Å². The van der Waals surface area contributed by atoms with Crippen LogP contribution >= 0.6 is 0 Å². The van der Waals surface area contributed by atoms with Crippen LogP contribution in [0.2, 0.25) is 0 Å². The van der Waals surface area contributed by atoms with Gasteiger partial charge in [-0.2, -0.15) is 0 Å². The molecule has 1 aliphatic heterocycles. The largest absolute Gasteiger partial charge is 0.394 e. The minimum absolute atomic E-state index is 0.0415. The van der Waals surface area contributed by atoms with Crippen LogP contribution in [0.25, 0.3) is 0 Å². The van der Waals surface area contributed by atoms with Crippen molar-refractivity contribution in [1.29, 1.82) is 0 Å². The fraction of sp³-hybridized carbons (Fsp3) is 0.917. The summed E-state index contributed by atoms with van der Waals surface area (Å²) >= 11 is 0. The van der Waals surface area contributed by atoms with E-state index in [4.69, 9.17) is 5.11 Å². The Hall–Kier alpha value is -0.170. The van der Waals surface area contributed by atoms with Gasteiger partial charge in [-0.15, -0.1) is 0 Å². The molecule has 0 aromatic carbocycles. The van der Waals surface area contributed by atoms with E-state index in [9.17, 15) is 8.42 Å². The molecule has 1 unspecified atom stereocenters. The van der Waals surface area contributed by atoms with Crippen molar-refractivity contribution in [2.45, 2.75) is 44.0 Å². The van der Waals surface area contributed by atoms with Crippen LogP contribution in [0.4, 0.5) is 0 Å². The molecular weight excluding hydrogens is 252 g/mol. The van der Waals surface area contributed by atoms with Gasteiger partial charge < -0.3 is 10.4 Å². The number of rotatable bonds is 7. The SMILES string of the molecule is CC(C)(CO)NCCC(N1CC[CH]CC1)[SH](=O)=O. The zero-order valence-electron chi connectivity index (χ0n) is 11.3. The van der Waals surface area contributed by atoms with E-state index in [1.807, 2.05) is 18.7 Å². The van der Waals surface area contributed by atoms with Gasteiger partial charge >= 0.3 is 0 Å². The quantitative estimate of drug-likeness (QED) is 0.570. The first-order valence-electron chi connectivity index (χ1n) is 6.51. The molecule has 0 spiro atoms. The third-order valence-electron chi connectivity index (χ3n) is 3.31. The highest BCUT2D eigenvalue weighted by Crippen LogP contribution is 2.14. The predicted octanol–water partition coefficient (Wildman–Crippen LogP) is -0.0254. The molecule has 1 fully saturated rings. The molecule has 0 aliphatic carbocycles. The van der Waals surface area contributed by atoms with Crippen molar-refractivity contribution in [3.05, 3.63) is 6.42 Å². The Kier molecular flexibility index (Phi) is 6.55. The Labute approximate surface area is 112 Å². The van der Waals surface area contributed by atoms with Gasteiger partial charge in [0.05, 0.1) is 6.61 Å². The van der Waals surface area contributed by atoms with Gasteiger partial charge in [0.1, 0.15) is 5.37 Å². The van der Waals surface area contributed by atoms with Gasteiger partial charge in [0, 0.05) is 5.54 Å². The van der Waals surface area contributed by atoms with Gasteiger partial charge in [-0.3, -0.25) is 4.90 Å². The molecule has 1 rings (SSSR count). The summed E-state index contributed by atoms with van der Waals surface area (Å²) in [5, 5.41) is 11.9. The highest BCUT2D eigenvalue weighted by Gasteiger charge is 2.24. The van der Waals surface area contributed by atoms with Crippen LogP contribution in [-0.4, -0.2) is 55.6 Å². The van der Waals surface area contributed by atoms with Crippen molar-refractivity contribution in [2.24, 2.45) is 0 Å². The van der Waals surface area contributed by atoms with Crippen LogP contribution in [-0.2, 0) is 10.7 Å². The maximum absolute atomic E-state index is 11.3. The molecule has 1 atom stereocenters. The van der Waals surface area contributed by atoms with E-state index in [0.717, 1.165) is 25.9 Å². The monoisotopic (exact) mass is 277 g/mol. The Balaban J connectivity index is 2.43. The van der Waals surface area contributed by atoms with Gasteiger partial charge in [0.25, 0.3) is 0 Å². The lowest BCUT2D eigenvalue weighted by atomic mass is 10.1. The lowest BCUT2D eigenvalue weighted by molar-refractivity contribution is 0.180. The van der Waals surface area contributed by atoms with Crippen LogP contribution in [0.3, 0.4) is 0 Å². The standard InChI is InChI=1S/C12H25N2O3S/c1-12(2,10-15)13-7-6-11(18(16)17)14-8-4-3-5-9-14/h3,11,13,15,18H,4-10H2,1-2H3. The van der Waals surface area contributed by atoms with Crippen molar-refractivity contribution in [2.75, 3.05) is 26.2 Å². The maximum atomic E-state index is 11.3. The van der Waals surface area contributed by atoms with E-state index < -0.39 is 10.7 Å². The third-order valence-corrected chi connectivity index (χ3v) is 4.38. The molecule has 0 saturated carbocycles. The van der Waals surface area contributed by atoms with Crippen molar-refractivity contribution >= 4 is 10.7 Å². The fourth-order valence-corrected chi connectivity index (χ4v) is 2.92. The smallest absolute Gasteiger partial charge is 0.156 e. The van der Waals surface area contributed by atoms with Crippen LogP contribution in [0.1, 0.15) is 33.1 Å². The number of hydrogen-bond donors (Lipinski definition) is 3. The van der Waals surface area contributed by atoms with E-state index in [1.54, 1.807) is 0 Å². The highest BCUT2D eigenvalue weighted by atomic mass is 32.2. The number of hydrogen-bond acceptors (Lipinski definition) is 5. The molecule has 18 heavy (non-hydrogen) atoms. The van der Waals surface area contributed by atoms with E-state index in [1.165, 1.54) is 0 Å². The first kappa shape index (κ1) is 15.9. The predicted molar refractivity (Wildman–Crippen MR) is 73.0 cm³/mol. The Morgan fingerprint density at radius 1 is 1.39 bits per heavy atom. The molecule has 1 aliphatic rings. The fourth-order valence-electron chi connectivity index (χ4n) is 2.09. The van der Waals surface area contributed by atoms with Gasteiger partial charge in [-0.25, -0.2) is 8.42 Å². The topological polar surface area (TPSA) is 69.6 Å². The second kappa shape index (κ2) is 7.43. The second-order valence-corrected chi connectivity index (χ2v) is 6.59. The number of likely N-dealkylation sites (tertiary alicyclic amines) is 1. The van der Waals surface area contributed by atoms with E-state index >= 15 is 0 Å². The molecule has 0 bridgehead atoms. The molecule has 1 heterocycles. The van der Waals surface area contributed by atoms with Crippen LogP contribution in [0.5, 0.6) is 0 Å². The maximum Gasteiger partial charge on any atom is 0.156 e. The average molecular weight is 277 g/mol. The summed E-state index contributed by atoms with van der Waals surface area (Å²) in [6.45, 7) is 6.10. The number of nitrogens with one attached hydrogen (secondary N) is 1. The van der Waals surface area contributed by atoms with Gasteiger partial charge in [0.15, 0.2) is 10.7 Å². The Morgan fingerprint density at radius 3 is 2.50 bits per heavy atom. The Bertz CT molecular complexity index is 304. The van der Waals surface area contributed by atoms with Gasteiger partial charge in [0.2, 0.25) is 0 Å². The van der Waals surface area contributed by atoms with E-state index in [2.05, 4.69) is 11.7 Å². The van der Waals surface area contributed by atoms with E-state index in [-0.39, 0.29) is 17.5 Å². The minimum Gasteiger partial charge on any atom is -0.394 e. The molecule has 1 radical (unpaired) electrons. The number of thiol groups is 1. The summed E-state index contributed by atoms with van der Waals surface area (Å²) in [6.07, 6.45) is 4.71. The van der Waals surface area contributed by atoms with Crippen LogP contribution in [0, 0.1) is 6.42 Å². The molecular formula is C12H25N2O3S. The van der Waals surface area contributed by atoms with Gasteiger partial charge in [-0.1, -0.05) is 0 Å². The second-order valence-electron chi connectivity index (χ2n) is 5.43. The molecule has 5 nitrogen and oxygen atoms in total. The molecule has 2 N–H and O–H groups in total. The molecule has 0 aromatic rings. The number of aliphatic hydroxyl groups excluding tert-OH is 1. The molecule has 1 saturated heterocycles. The minimum atomic E-state index is -2.43. The first-order chi connectivity index (χ1) is 8.46. The summed E-state index contributed by atoms with van der Waals surface area (Å²) in [4.78, 5) is 2.04. The van der Waals surface area contributed by atoms with Crippen molar-refractivity contribution in [3.63, 3.8) is 0 Å². The lowest BCUT2D eigenvalue weighted by Crippen LogP contribution is -2.46. The zero-order valence-corrected chi connectivity index (χ0v) is 12.2. The summed E-state index contributed by atoms with van der Waals surface area (Å²) in [5.74, 6) is 0. The zero-order chi connectivity index (χ0) is 13.6. The molecule has 0 amide bonds. The average Bonchev–Trinajstić information content (AvgIpc) is 2.35. The highest BCUT2D eigenvalue weighted by molar-refractivity contribution is 7.73. The first-order valence-corrected chi connectivity index (χ1v) is 7.76. The number of aliphatic hydroxyl groups is 1. The molecule has 6 heteroatoms. The van der Waals surface area contributed by atoms with Crippen molar-refractivity contribution in [1.82, 2.24) is 10.2 Å². The normalized spacial score (nSPS) is 20.2. The summed E-state index contributed by atoms with van der Waals surface area (Å²) < 4.78 is 22.7.